The zero-order chi connectivity index (χ0) is 23.4. The van der Waals surface area contributed by atoms with Crippen molar-refractivity contribution < 1.29 is 9.53 Å². The van der Waals surface area contributed by atoms with Gasteiger partial charge < -0.3 is 15.0 Å². The molecule has 1 aliphatic rings. The average Bonchev–Trinajstić information content (AvgIpc) is 2.82. The van der Waals surface area contributed by atoms with Gasteiger partial charge in [-0.25, -0.2) is 0 Å². The molecule has 0 aromatic heterocycles. The number of ether oxygens (including phenoxy) is 1. The minimum absolute atomic E-state index is 0.00860. The van der Waals surface area contributed by atoms with E-state index >= 15 is 0 Å². The third-order valence-corrected chi connectivity index (χ3v) is 6.10. The Hall–Kier alpha value is -3.44. The van der Waals surface area contributed by atoms with Crippen LogP contribution in [0.2, 0.25) is 0 Å². The van der Waals surface area contributed by atoms with E-state index in [1.807, 2.05) is 97.6 Å². The van der Waals surface area contributed by atoms with Crippen LogP contribution in [0.3, 0.4) is 0 Å². The van der Waals surface area contributed by atoms with Crippen LogP contribution in [0.15, 0.2) is 90.1 Å². The number of rotatable bonds is 7. The highest BCUT2D eigenvalue weighted by Gasteiger charge is 2.33. The summed E-state index contributed by atoms with van der Waals surface area (Å²) in [6.07, 6.45) is 0.932. The van der Waals surface area contributed by atoms with Gasteiger partial charge in [-0.2, -0.15) is 0 Å². The lowest BCUT2D eigenvalue weighted by atomic mass is 9.89. The van der Waals surface area contributed by atoms with E-state index in [1.165, 1.54) is 0 Å². The van der Waals surface area contributed by atoms with Gasteiger partial charge in [-0.05, 0) is 67.9 Å². The number of nitrogens with one attached hydrogen (secondary N) is 1. The summed E-state index contributed by atoms with van der Waals surface area (Å²) in [6.45, 7) is 6.89. The van der Waals surface area contributed by atoms with Crippen molar-refractivity contribution in [1.29, 1.82) is 0 Å². The van der Waals surface area contributed by atoms with Gasteiger partial charge in [0.05, 0.1) is 6.04 Å². The van der Waals surface area contributed by atoms with E-state index in [4.69, 9.17) is 17.0 Å². The largest absolute Gasteiger partial charge is 0.457 e. The molecule has 3 aromatic carbocycles. The first kappa shape index (κ1) is 22.7. The van der Waals surface area contributed by atoms with Crippen LogP contribution in [0, 0.1) is 6.92 Å². The van der Waals surface area contributed by atoms with E-state index in [0.29, 0.717) is 10.7 Å². The molecule has 168 valence electrons. The Bertz CT molecular complexity index is 1190. The molecule has 1 N–H and O–H groups in total. The molecule has 1 atom stereocenters. The maximum atomic E-state index is 13.6. The van der Waals surface area contributed by atoms with E-state index in [1.54, 1.807) is 0 Å². The first-order chi connectivity index (χ1) is 16.0. The van der Waals surface area contributed by atoms with Gasteiger partial charge in [0.25, 0.3) is 0 Å². The predicted octanol–water partition coefficient (Wildman–Crippen LogP) is 6.59. The minimum Gasteiger partial charge on any atom is -0.457 e. The fourth-order valence-electron chi connectivity index (χ4n) is 4.11. The van der Waals surface area contributed by atoms with Crippen LogP contribution in [-0.2, 0) is 0 Å². The van der Waals surface area contributed by atoms with E-state index in [0.717, 1.165) is 46.9 Å². The van der Waals surface area contributed by atoms with Crippen LogP contribution in [0.1, 0.15) is 47.8 Å². The predicted molar refractivity (Wildman–Crippen MR) is 137 cm³/mol. The van der Waals surface area contributed by atoms with Crippen molar-refractivity contribution in [3.8, 4) is 11.5 Å². The van der Waals surface area contributed by atoms with Crippen molar-refractivity contribution in [2.75, 3.05) is 6.54 Å². The standard InChI is InChI=1S/C28H28N2O2S/c1-4-17-30-20(3)25(27(31)22-10-6-5-7-11-22)26(29-28(30)33)21-13-15-23(16-14-21)32-24-12-8-9-19(2)18-24/h5-16,18,26H,4,17H2,1-3H3,(H,29,33). The first-order valence-electron chi connectivity index (χ1n) is 11.2. The van der Waals surface area contributed by atoms with Crippen molar-refractivity contribution in [3.05, 3.63) is 107 Å². The zero-order valence-electron chi connectivity index (χ0n) is 19.2. The van der Waals surface area contributed by atoms with Gasteiger partial charge in [-0.3, -0.25) is 4.79 Å². The van der Waals surface area contributed by atoms with Crippen molar-refractivity contribution in [1.82, 2.24) is 10.2 Å². The molecule has 3 aromatic rings. The number of carbonyl (C=O) groups is 1. The molecular weight excluding hydrogens is 428 g/mol. The molecule has 1 heterocycles. The van der Waals surface area contributed by atoms with E-state index in [2.05, 4.69) is 12.2 Å². The number of ketones is 1. The summed E-state index contributed by atoms with van der Waals surface area (Å²) in [6, 6.07) is 24.9. The second-order valence-electron chi connectivity index (χ2n) is 8.22. The molecule has 0 spiro atoms. The Balaban J connectivity index is 1.68. The molecule has 1 unspecified atom stereocenters. The number of allylic oxidation sites excluding steroid dienone is 1. The Morgan fingerprint density at radius 1 is 0.970 bits per heavy atom. The fourth-order valence-corrected chi connectivity index (χ4v) is 4.45. The molecule has 0 saturated heterocycles. The summed E-state index contributed by atoms with van der Waals surface area (Å²) in [5, 5.41) is 4.06. The van der Waals surface area contributed by atoms with Crippen LogP contribution in [-0.4, -0.2) is 22.3 Å². The SMILES string of the molecule is CCCN1C(=S)NC(c2ccc(Oc3cccc(C)c3)cc2)C(C(=O)c2ccccc2)=C1C. The van der Waals surface area contributed by atoms with Gasteiger partial charge in [0.2, 0.25) is 0 Å². The molecule has 0 bridgehead atoms. The highest BCUT2D eigenvalue weighted by Crippen LogP contribution is 2.34. The Morgan fingerprint density at radius 2 is 1.70 bits per heavy atom. The molecule has 4 nitrogen and oxygen atoms in total. The van der Waals surface area contributed by atoms with Crippen molar-refractivity contribution >= 4 is 23.1 Å². The van der Waals surface area contributed by atoms with E-state index in [-0.39, 0.29) is 11.8 Å². The van der Waals surface area contributed by atoms with Gasteiger partial charge in [-0.15, -0.1) is 0 Å². The molecule has 1 aliphatic heterocycles. The summed E-state index contributed by atoms with van der Waals surface area (Å²) in [7, 11) is 0. The lowest BCUT2D eigenvalue weighted by molar-refractivity contribution is 0.102. The number of aryl methyl sites for hydroxylation is 1. The topological polar surface area (TPSA) is 41.6 Å². The van der Waals surface area contributed by atoms with Crippen LogP contribution < -0.4 is 10.1 Å². The smallest absolute Gasteiger partial charge is 0.193 e. The Kier molecular flexibility index (Phi) is 6.90. The number of benzene rings is 3. The number of hydrogen-bond acceptors (Lipinski definition) is 3. The molecular formula is C28H28N2O2S. The second kappa shape index (κ2) is 10.0. The molecule has 0 radical (unpaired) electrons. The maximum Gasteiger partial charge on any atom is 0.193 e. The molecule has 0 saturated carbocycles. The summed E-state index contributed by atoms with van der Waals surface area (Å²) >= 11 is 5.67. The first-order valence-corrected chi connectivity index (χ1v) is 11.6. The summed E-state index contributed by atoms with van der Waals surface area (Å²) in [5.41, 5.74) is 4.39. The fraction of sp³-hybridized carbons (Fsp3) is 0.214. The zero-order valence-corrected chi connectivity index (χ0v) is 20.0. The number of nitrogens with zero attached hydrogens (tertiary/aromatic N) is 1. The monoisotopic (exact) mass is 456 g/mol. The minimum atomic E-state index is -0.327. The third-order valence-electron chi connectivity index (χ3n) is 5.76. The lowest BCUT2D eigenvalue weighted by Gasteiger charge is -2.38. The third kappa shape index (κ3) is 4.99. The number of hydrogen-bond donors (Lipinski definition) is 1. The van der Waals surface area contributed by atoms with Crippen LogP contribution >= 0.6 is 12.2 Å². The summed E-state index contributed by atoms with van der Waals surface area (Å²) in [4.78, 5) is 15.6. The average molecular weight is 457 g/mol. The van der Waals surface area contributed by atoms with Gasteiger partial charge in [0.1, 0.15) is 11.5 Å². The normalized spacial score (nSPS) is 15.9. The van der Waals surface area contributed by atoms with Crippen molar-refractivity contribution in [3.63, 3.8) is 0 Å². The molecule has 0 amide bonds. The molecule has 4 rings (SSSR count). The van der Waals surface area contributed by atoms with E-state index in [9.17, 15) is 4.79 Å². The maximum absolute atomic E-state index is 13.6. The van der Waals surface area contributed by atoms with Crippen LogP contribution in [0.4, 0.5) is 0 Å². The number of carbonyl (C=O) groups excluding carboxylic acids is 1. The highest BCUT2D eigenvalue weighted by molar-refractivity contribution is 7.80. The molecule has 0 fully saturated rings. The van der Waals surface area contributed by atoms with E-state index < -0.39 is 0 Å². The summed E-state index contributed by atoms with van der Waals surface area (Å²) < 4.78 is 6.00. The number of Topliss-reactive ketones (excluding diaryl/α,β-unsaturated/α-hetero) is 1. The van der Waals surface area contributed by atoms with Gasteiger partial charge in [-0.1, -0.05) is 61.5 Å². The Morgan fingerprint density at radius 3 is 2.36 bits per heavy atom. The number of thiocarbonyl (C=S) groups is 1. The van der Waals surface area contributed by atoms with Crippen LogP contribution in [0.25, 0.3) is 0 Å². The van der Waals surface area contributed by atoms with Gasteiger partial charge >= 0.3 is 0 Å². The lowest BCUT2D eigenvalue weighted by Crippen LogP contribution is -2.47. The van der Waals surface area contributed by atoms with Crippen molar-refractivity contribution in [2.45, 2.75) is 33.2 Å². The van der Waals surface area contributed by atoms with Crippen LogP contribution in [0.5, 0.6) is 11.5 Å². The Labute approximate surface area is 200 Å². The molecule has 0 aliphatic carbocycles. The molecule has 33 heavy (non-hydrogen) atoms. The van der Waals surface area contributed by atoms with Crippen molar-refractivity contribution in [2.24, 2.45) is 0 Å². The van der Waals surface area contributed by atoms with Gasteiger partial charge in [0.15, 0.2) is 10.9 Å². The summed E-state index contributed by atoms with van der Waals surface area (Å²) in [5.74, 6) is 1.55. The van der Waals surface area contributed by atoms with Gasteiger partial charge in [0, 0.05) is 23.4 Å². The quantitative estimate of drug-likeness (QED) is 0.321. The molecule has 5 heteroatoms. The highest BCUT2D eigenvalue weighted by atomic mass is 32.1. The second-order valence-corrected chi connectivity index (χ2v) is 8.60.